The summed E-state index contributed by atoms with van der Waals surface area (Å²) in [7, 11) is 1.57. The number of hydrogen-bond donors (Lipinski definition) is 1. The van der Waals surface area contributed by atoms with Crippen LogP contribution in [0.3, 0.4) is 0 Å². The summed E-state index contributed by atoms with van der Waals surface area (Å²) in [6.45, 7) is 5.69. The van der Waals surface area contributed by atoms with Gasteiger partial charge in [0.25, 0.3) is 0 Å². The topological polar surface area (TPSA) is 80.9 Å². The van der Waals surface area contributed by atoms with Gasteiger partial charge in [0.2, 0.25) is 0 Å². The van der Waals surface area contributed by atoms with Gasteiger partial charge in [-0.25, -0.2) is 0 Å². The number of aliphatic carboxylic acids is 1. The van der Waals surface area contributed by atoms with Crippen LogP contribution in [0.5, 0.6) is 0 Å². The van der Waals surface area contributed by atoms with Gasteiger partial charge in [-0.3, -0.25) is 0 Å². The summed E-state index contributed by atoms with van der Waals surface area (Å²) in [5.41, 5.74) is 0. The van der Waals surface area contributed by atoms with Crippen molar-refractivity contribution >= 4 is 43.8 Å². The van der Waals surface area contributed by atoms with Gasteiger partial charge in [-0.15, -0.1) is 0 Å². The van der Waals surface area contributed by atoms with E-state index in [1.807, 2.05) is 4.90 Å². The molecule has 2 heterocycles. The number of rotatable bonds is 5. The fourth-order valence-electron chi connectivity index (χ4n) is 3.25. The Bertz CT molecular complexity index is 491. The molecule has 2 aliphatic rings. The monoisotopic (exact) mass is 515 g/mol. The molecule has 3 atom stereocenters. The van der Waals surface area contributed by atoms with Gasteiger partial charge < -0.3 is 0 Å². The van der Waals surface area contributed by atoms with Gasteiger partial charge in [0.05, 0.1) is 0 Å². The van der Waals surface area contributed by atoms with Gasteiger partial charge in [0.1, 0.15) is 0 Å². The summed E-state index contributed by atoms with van der Waals surface area (Å²) < 4.78 is 2.16. The SMILES string of the molecule is CC(C)[C@@H](C(=O)O)N(C)C(=O)C1CCN(C(=O)[C@@H]2C[N]2[Tl])CC1. The number of carboxylic acids is 1. The second-order valence-corrected chi connectivity index (χ2v) is 9.37. The number of carbonyl (C=O) groups excluding carboxylic acids is 2. The number of amides is 2. The van der Waals surface area contributed by atoms with Gasteiger partial charge in [0.15, 0.2) is 0 Å². The van der Waals surface area contributed by atoms with Crippen LogP contribution in [0.15, 0.2) is 0 Å². The molecule has 0 spiro atoms. The van der Waals surface area contributed by atoms with E-state index in [0.717, 1.165) is 6.54 Å². The Hall–Kier alpha value is -0.708. The first-order chi connectivity index (χ1) is 10.7. The molecule has 126 valence electrons. The van der Waals surface area contributed by atoms with Crippen LogP contribution in [0.4, 0.5) is 0 Å². The number of carbonyl (C=O) groups is 3. The van der Waals surface area contributed by atoms with Crippen molar-refractivity contribution in [3.63, 3.8) is 0 Å². The average Bonchev–Trinajstić information content (AvgIpc) is 3.22. The minimum absolute atomic E-state index is 0.0901. The van der Waals surface area contributed by atoms with E-state index in [0.29, 0.717) is 52.0 Å². The van der Waals surface area contributed by atoms with Gasteiger partial charge in [-0.05, 0) is 0 Å². The summed E-state index contributed by atoms with van der Waals surface area (Å²) in [6.07, 6.45) is 1.24. The van der Waals surface area contributed by atoms with Crippen LogP contribution in [-0.4, -0.2) is 100 Å². The van der Waals surface area contributed by atoms with Crippen molar-refractivity contribution < 1.29 is 19.5 Å². The van der Waals surface area contributed by atoms with Crippen LogP contribution in [-0.2, 0) is 14.4 Å². The number of likely N-dealkylation sites (tertiary alicyclic amines) is 1. The molecule has 0 aliphatic carbocycles. The molecular formula is C15H24N3O4Tl. The molecule has 2 rings (SSSR count). The van der Waals surface area contributed by atoms with E-state index in [9.17, 15) is 19.5 Å². The molecule has 0 bridgehead atoms. The van der Waals surface area contributed by atoms with E-state index in [-0.39, 0.29) is 29.7 Å². The molecule has 0 aromatic carbocycles. The molecule has 2 amide bonds. The quantitative estimate of drug-likeness (QED) is 0.398. The van der Waals surface area contributed by atoms with Gasteiger partial charge in [0, 0.05) is 0 Å². The molecule has 0 aromatic heterocycles. The van der Waals surface area contributed by atoms with Crippen LogP contribution in [0.25, 0.3) is 0 Å². The zero-order valence-electron chi connectivity index (χ0n) is 13.9. The first-order valence-electron chi connectivity index (χ1n) is 8.03. The Morgan fingerprint density at radius 2 is 1.74 bits per heavy atom. The molecule has 2 saturated heterocycles. The predicted molar refractivity (Wildman–Crippen MR) is 84.6 cm³/mol. The van der Waals surface area contributed by atoms with E-state index in [4.69, 9.17) is 0 Å². The average molecular weight is 515 g/mol. The third kappa shape index (κ3) is 4.23. The molecule has 0 saturated carbocycles. The van der Waals surface area contributed by atoms with Crippen molar-refractivity contribution in [2.75, 3.05) is 26.7 Å². The zero-order chi connectivity index (χ0) is 17.3. The summed E-state index contributed by atoms with van der Waals surface area (Å²) in [5.74, 6) is -1.21. The second kappa shape index (κ2) is 7.46. The molecule has 0 aromatic rings. The summed E-state index contributed by atoms with van der Waals surface area (Å²) >= 11 is 0.714. The maximum absolute atomic E-state index is 12.6. The molecule has 23 heavy (non-hydrogen) atoms. The fourth-order valence-corrected chi connectivity index (χ4v) is 4.53. The zero-order valence-corrected chi connectivity index (χ0v) is 18.4. The van der Waals surface area contributed by atoms with E-state index in [2.05, 4.69) is 2.71 Å². The van der Waals surface area contributed by atoms with Crippen LogP contribution in [0.2, 0.25) is 0 Å². The number of hydrogen-bond acceptors (Lipinski definition) is 4. The Kier molecular flexibility index (Phi) is 6.04. The minimum atomic E-state index is -0.967. The van der Waals surface area contributed by atoms with Crippen LogP contribution < -0.4 is 0 Å². The summed E-state index contributed by atoms with van der Waals surface area (Å²) in [4.78, 5) is 39.4. The fraction of sp³-hybridized carbons (Fsp3) is 0.800. The van der Waals surface area contributed by atoms with Crippen molar-refractivity contribution in [2.24, 2.45) is 11.8 Å². The standard InChI is InChI=1S/C15H24N3O4.Tl/c1-9(2)12(15(21)22)17(3)13(19)10-4-6-18(7-5-10)14(20)11-8-16-11;/h9-12H,4-8H2,1-3H3,(H,21,22);/q-1;+1/t11-,12-;/m0./s1. The van der Waals surface area contributed by atoms with E-state index in [1.165, 1.54) is 4.90 Å². The normalized spacial score (nSPS) is 26.0. The Labute approximate surface area is 153 Å². The molecule has 7 nitrogen and oxygen atoms in total. The Balaban J connectivity index is 1.90. The molecule has 1 unspecified atom stereocenters. The summed E-state index contributed by atoms with van der Waals surface area (Å²) in [6, 6.07) is -0.708. The molecule has 2 fully saturated rings. The van der Waals surface area contributed by atoms with Crippen LogP contribution >= 0.6 is 0 Å². The predicted octanol–water partition coefficient (Wildman–Crippen LogP) is -0.440. The Morgan fingerprint density at radius 1 is 1.22 bits per heavy atom. The number of likely N-dealkylation sites (N-methyl/N-ethyl adjacent to an activating group) is 1. The summed E-state index contributed by atoms with van der Waals surface area (Å²) in [5, 5.41) is 9.32. The molecule has 8 heteroatoms. The van der Waals surface area contributed by atoms with E-state index in [1.54, 1.807) is 20.9 Å². The van der Waals surface area contributed by atoms with Crippen molar-refractivity contribution in [3.8, 4) is 0 Å². The third-order valence-corrected chi connectivity index (χ3v) is 6.96. The molecule has 0 radical (unpaired) electrons. The first kappa shape index (κ1) is 18.6. The van der Waals surface area contributed by atoms with Gasteiger partial charge in [-0.1, -0.05) is 0 Å². The van der Waals surface area contributed by atoms with Crippen LogP contribution in [0.1, 0.15) is 26.7 Å². The van der Waals surface area contributed by atoms with E-state index >= 15 is 0 Å². The molecule has 2 aliphatic heterocycles. The van der Waals surface area contributed by atoms with Gasteiger partial charge >= 0.3 is 153 Å². The van der Waals surface area contributed by atoms with Crippen molar-refractivity contribution in [2.45, 2.75) is 38.8 Å². The molecular weight excluding hydrogens is 491 g/mol. The Morgan fingerprint density at radius 3 is 2.13 bits per heavy atom. The van der Waals surface area contributed by atoms with Crippen LogP contribution in [0, 0.1) is 11.8 Å². The number of carboxylic acid groups (broad SMARTS) is 1. The van der Waals surface area contributed by atoms with E-state index < -0.39 is 12.0 Å². The van der Waals surface area contributed by atoms with Crippen molar-refractivity contribution in [1.82, 2.24) is 12.5 Å². The third-order valence-electron chi connectivity index (χ3n) is 4.74. The first-order valence-corrected chi connectivity index (χ1v) is 10.0. The van der Waals surface area contributed by atoms with Gasteiger partial charge in [-0.2, -0.15) is 0 Å². The second-order valence-electron chi connectivity index (χ2n) is 6.79. The molecule has 1 N–H and O–H groups in total. The maximum atomic E-state index is 12.6. The van der Waals surface area contributed by atoms with Crippen molar-refractivity contribution in [3.05, 3.63) is 0 Å². The number of piperidine rings is 1. The number of nitrogens with zero attached hydrogens (tertiary/aromatic N) is 3. The van der Waals surface area contributed by atoms with Crippen molar-refractivity contribution in [1.29, 1.82) is 0 Å².